The Bertz CT molecular complexity index is 658. The first-order valence-corrected chi connectivity index (χ1v) is 7.51. The third-order valence-corrected chi connectivity index (χ3v) is 4.05. The maximum atomic E-state index is 12.2. The molecule has 0 aliphatic heterocycles. The molecule has 0 spiro atoms. The van der Waals surface area contributed by atoms with Gasteiger partial charge in [-0.25, -0.2) is 0 Å². The Morgan fingerprint density at radius 3 is 2.43 bits per heavy atom. The van der Waals surface area contributed by atoms with Gasteiger partial charge in [0.15, 0.2) is 0 Å². The quantitative estimate of drug-likeness (QED) is 0.778. The summed E-state index contributed by atoms with van der Waals surface area (Å²) in [5.41, 5.74) is 1.83. The number of amides is 1. The summed E-state index contributed by atoms with van der Waals surface area (Å²) in [6, 6.07) is 12.7. The van der Waals surface area contributed by atoms with Crippen LogP contribution in [0.5, 0.6) is 0 Å². The third kappa shape index (κ3) is 4.63. The van der Waals surface area contributed by atoms with Crippen molar-refractivity contribution in [2.45, 2.75) is 13.0 Å². The highest BCUT2D eigenvalue weighted by Crippen LogP contribution is 2.23. The number of benzene rings is 2. The van der Waals surface area contributed by atoms with Crippen molar-refractivity contribution in [3.05, 3.63) is 68.7 Å². The van der Waals surface area contributed by atoms with Gasteiger partial charge in [-0.3, -0.25) is 4.79 Å². The number of hydrogen-bond donors (Lipinski definition) is 0. The molecule has 0 heterocycles. The lowest BCUT2D eigenvalue weighted by Crippen LogP contribution is -2.27. The summed E-state index contributed by atoms with van der Waals surface area (Å²) < 4.78 is 0. The number of carbonyl (C=O) groups excluding carboxylic acids is 1. The number of likely N-dealkylation sites (N-methyl/N-ethyl adjacent to an activating group) is 1. The Hall–Kier alpha value is -1.22. The molecule has 0 aliphatic carbocycles. The molecule has 5 heteroatoms. The van der Waals surface area contributed by atoms with Crippen LogP contribution in [0.1, 0.15) is 11.1 Å². The predicted molar refractivity (Wildman–Crippen MR) is 88.1 cm³/mol. The van der Waals surface area contributed by atoms with Crippen LogP contribution in [0.2, 0.25) is 15.1 Å². The van der Waals surface area contributed by atoms with Gasteiger partial charge in [0.25, 0.3) is 0 Å². The predicted octanol–water partition coefficient (Wildman–Crippen LogP) is 4.85. The van der Waals surface area contributed by atoms with E-state index in [-0.39, 0.29) is 12.3 Å². The molecule has 2 nitrogen and oxygen atoms in total. The molecular formula is C16H14Cl3NO. The SMILES string of the molecule is CN(Cc1cccc(Cl)c1)C(=O)Cc1ccc(Cl)c(Cl)c1. The lowest BCUT2D eigenvalue weighted by Gasteiger charge is -2.17. The topological polar surface area (TPSA) is 20.3 Å². The second-order valence-corrected chi connectivity index (χ2v) is 6.06. The molecule has 0 atom stereocenters. The first-order valence-electron chi connectivity index (χ1n) is 6.38. The summed E-state index contributed by atoms with van der Waals surface area (Å²) in [7, 11) is 1.76. The van der Waals surface area contributed by atoms with E-state index in [1.807, 2.05) is 24.3 Å². The van der Waals surface area contributed by atoms with Crippen LogP contribution in [0.25, 0.3) is 0 Å². The van der Waals surface area contributed by atoms with Crippen LogP contribution < -0.4 is 0 Å². The van der Waals surface area contributed by atoms with E-state index >= 15 is 0 Å². The van der Waals surface area contributed by atoms with Crippen molar-refractivity contribution >= 4 is 40.7 Å². The molecule has 0 unspecified atom stereocenters. The largest absolute Gasteiger partial charge is 0.341 e. The fraction of sp³-hybridized carbons (Fsp3) is 0.188. The minimum absolute atomic E-state index is 0.00775. The molecule has 0 radical (unpaired) electrons. The summed E-state index contributed by atoms with van der Waals surface area (Å²) in [5, 5.41) is 1.61. The maximum absolute atomic E-state index is 12.2. The first kappa shape index (κ1) is 16.2. The summed E-state index contributed by atoms with van der Waals surface area (Å²) >= 11 is 17.8. The van der Waals surface area contributed by atoms with E-state index < -0.39 is 0 Å². The van der Waals surface area contributed by atoms with Crippen molar-refractivity contribution in [3.63, 3.8) is 0 Å². The molecule has 2 aromatic carbocycles. The lowest BCUT2D eigenvalue weighted by molar-refractivity contribution is -0.129. The third-order valence-electron chi connectivity index (χ3n) is 3.07. The molecular weight excluding hydrogens is 329 g/mol. The van der Waals surface area contributed by atoms with Crippen LogP contribution in [0.15, 0.2) is 42.5 Å². The number of rotatable bonds is 4. The monoisotopic (exact) mass is 341 g/mol. The van der Waals surface area contributed by atoms with E-state index in [9.17, 15) is 4.79 Å². The van der Waals surface area contributed by atoms with Gasteiger partial charge >= 0.3 is 0 Å². The zero-order valence-electron chi connectivity index (χ0n) is 11.4. The highest BCUT2D eigenvalue weighted by atomic mass is 35.5. The van der Waals surface area contributed by atoms with Crippen molar-refractivity contribution in [2.75, 3.05) is 7.05 Å². The van der Waals surface area contributed by atoms with Crippen molar-refractivity contribution in [1.82, 2.24) is 4.90 Å². The Kier molecular flexibility index (Phi) is 5.51. The normalized spacial score (nSPS) is 10.5. The summed E-state index contributed by atoms with van der Waals surface area (Å²) in [5.74, 6) is 0.00775. The highest BCUT2D eigenvalue weighted by Gasteiger charge is 2.11. The Morgan fingerprint density at radius 1 is 1.00 bits per heavy atom. The van der Waals surface area contributed by atoms with Crippen molar-refractivity contribution in [2.24, 2.45) is 0 Å². The van der Waals surface area contributed by atoms with Crippen LogP contribution in [0.4, 0.5) is 0 Å². The van der Waals surface area contributed by atoms with Gasteiger partial charge in [-0.1, -0.05) is 53.0 Å². The molecule has 0 aliphatic rings. The van der Waals surface area contributed by atoms with Gasteiger partial charge in [0.05, 0.1) is 16.5 Å². The summed E-state index contributed by atoms with van der Waals surface area (Å²) in [4.78, 5) is 13.9. The number of halogens is 3. The van der Waals surface area contributed by atoms with E-state index in [0.717, 1.165) is 11.1 Å². The Morgan fingerprint density at radius 2 is 1.76 bits per heavy atom. The van der Waals surface area contributed by atoms with E-state index in [4.69, 9.17) is 34.8 Å². The fourth-order valence-electron chi connectivity index (χ4n) is 1.96. The molecule has 0 saturated carbocycles. The van der Waals surface area contributed by atoms with E-state index in [2.05, 4.69) is 0 Å². The molecule has 0 bridgehead atoms. The van der Waals surface area contributed by atoms with Crippen molar-refractivity contribution in [3.8, 4) is 0 Å². The van der Waals surface area contributed by atoms with Gasteiger partial charge < -0.3 is 4.90 Å². The van der Waals surface area contributed by atoms with E-state index in [0.29, 0.717) is 21.6 Å². The van der Waals surface area contributed by atoms with Crippen LogP contribution >= 0.6 is 34.8 Å². The van der Waals surface area contributed by atoms with Crippen molar-refractivity contribution in [1.29, 1.82) is 0 Å². The standard InChI is InChI=1S/C16H14Cl3NO/c1-20(10-12-3-2-4-13(17)7-12)16(21)9-11-5-6-14(18)15(19)8-11/h2-8H,9-10H2,1H3. The highest BCUT2D eigenvalue weighted by molar-refractivity contribution is 6.42. The average molecular weight is 343 g/mol. The maximum Gasteiger partial charge on any atom is 0.227 e. The van der Waals surface area contributed by atoms with Gasteiger partial charge in [-0.05, 0) is 35.4 Å². The molecule has 1 amide bonds. The van der Waals surface area contributed by atoms with Crippen LogP contribution in [0.3, 0.4) is 0 Å². The molecule has 0 aromatic heterocycles. The van der Waals surface area contributed by atoms with Crippen LogP contribution in [0, 0.1) is 0 Å². The molecule has 21 heavy (non-hydrogen) atoms. The van der Waals surface area contributed by atoms with Gasteiger partial charge in [-0.2, -0.15) is 0 Å². The zero-order chi connectivity index (χ0) is 15.4. The summed E-state index contributed by atoms with van der Waals surface area (Å²) in [6.07, 6.45) is 0.286. The average Bonchev–Trinajstić information content (AvgIpc) is 2.43. The molecule has 0 N–H and O–H groups in total. The van der Waals surface area contributed by atoms with Crippen molar-refractivity contribution < 1.29 is 4.79 Å². The lowest BCUT2D eigenvalue weighted by atomic mass is 10.1. The molecule has 0 saturated heterocycles. The van der Waals surface area contributed by atoms with E-state index in [1.54, 1.807) is 30.1 Å². The van der Waals surface area contributed by atoms with Crippen LogP contribution in [-0.2, 0) is 17.8 Å². The molecule has 0 fully saturated rings. The second-order valence-electron chi connectivity index (χ2n) is 4.80. The van der Waals surface area contributed by atoms with Crippen LogP contribution in [-0.4, -0.2) is 17.9 Å². The van der Waals surface area contributed by atoms with Gasteiger partial charge in [0, 0.05) is 18.6 Å². The molecule has 2 rings (SSSR count). The number of hydrogen-bond acceptors (Lipinski definition) is 1. The van der Waals surface area contributed by atoms with Gasteiger partial charge in [0.1, 0.15) is 0 Å². The second kappa shape index (κ2) is 7.17. The first-order chi connectivity index (χ1) is 9.95. The minimum Gasteiger partial charge on any atom is -0.341 e. The Balaban J connectivity index is 2.00. The summed E-state index contributed by atoms with van der Waals surface area (Å²) in [6.45, 7) is 0.515. The Labute approximate surface area is 139 Å². The zero-order valence-corrected chi connectivity index (χ0v) is 13.7. The fourth-order valence-corrected chi connectivity index (χ4v) is 2.49. The number of carbonyl (C=O) groups is 1. The minimum atomic E-state index is 0.00775. The van der Waals surface area contributed by atoms with Gasteiger partial charge in [0.2, 0.25) is 5.91 Å². The number of nitrogens with zero attached hydrogens (tertiary/aromatic N) is 1. The molecule has 110 valence electrons. The van der Waals surface area contributed by atoms with E-state index in [1.165, 1.54) is 0 Å². The smallest absolute Gasteiger partial charge is 0.227 e. The van der Waals surface area contributed by atoms with Gasteiger partial charge in [-0.15, -0.1) is 0 Å². The molecule has 2 aromatic rings.